The van der Waals surface area contributed by atoms with Gasteiger partial charge in [0.05, 0.1) is 31.3 Å². The standard InChI is InChI=1S/C21H23F3N4O3/c1-3-6-16-12-28(19-25-10-15(11-26-19)21(22,23)24)20(30)27(16)13-18(29)14-7-5-8-17(9-14)31-4-2/h5,7-11,16H,3-4,6,12-13H2,1-2H3/t16-/m0/s1. The summed E-state index contributed by atoms with van der Waals surface area (Å²) in [4.78, 5) is 35.9. The van der Waals surface area contributed by atoms with Crippen LogP contribution in [0.25, 0.3) is 0 Å². The first-order valence-electron chi connectivity index (χ1n) is 9.98. The van der Waals surface area contributed by atoms with Gasteiger partial charge in [-0.25, -0.2) is 14.8 Å². The number of carbonyl (C=O) groups excluding carboxylic acids is 2. The number of aromatic nitrogens is 2. The van der Waals surface area contributed by atoms with Crippen LogP contribution in [-0.2, 0) is 6.18 Å². The first kappa shape index (κ1) is 22.5. The average Bonchev–Trinajstić information content (AvgIpc) is 3.04. The van der Waals surface area contributed by atoms with Crippen molar-refractivity contribution in [1.29, 1.82) is 0 Å². The first-order valence-corrected chi connectivity index (χ1v) is 9.98. The molecule has 1 fully saturated rings. The lowest BCUT2D eigenvalue weighted by Gasteiger charge is -2.22. The summed E-state index contributed by atoms with van der Waals surface area (Å²) < 4.78 is 43.7. The number of Topliss-reactive ketones (excluding diaryl/α,β-unsaturated/α-hetero) is 1. The monoisotopic (exact) mass is 436 g/mol. The molecular weight excluding hydrogens is 413 g/mol. The molecule has 2 aromatic rings. The van der Waals surface area contributed by atoms with Gasteiger partial charge >= 0.3 is 12.2 Å². The number of hydrogen-bond acceptors (Lipinski definition) is 5. The quantitative estimate of drug-likeness (QED) is 0.580. The molecule has 2 amide bonds. The molecule has 0 spiro atoms. The van der Waals surface area contributed by atoms with Gasteiger partial charge in [0.15, 0.2) is 5.78 Å². The molecule has 10 heteroatoms. The van der Waals surface area contributed by atoms with Gasteiger partial charge in [-0.3, -0.25) is 9.69 Å². The molecule has 1 saturated heterocycles. The fourth-order valence-electron chi connectivity index (χ4n) is 3.42. The Bertz CT molecular complexity index is 934. The third-order valence-corrected chi connectivity index (χ3v) is 4.92. The molecule has 0 aliphatic carbocycles. The van der Waals surface area contributed by atoms with E-state index in [0.717, 1.165) is 6.42 Å². The summed E-state index contributed by atoms with van der Waals surface area (Å²) in [5, 5.41) is 0. The highest BCUT2D eigenvalue weighted by Crippen LogP contribution is 2.30. The number of urea groups is 1. The van der Waals surface area contributed by atoms with Crippen LogP contribution in [0.5, 0.6) is 5.75 Å². The molecule has 1 aromatic heterocycles. The molecule has 0 saturated carbocycles. The molecule has 2 heterocycles. The molecule has 1 aromatic carbocycles. The predicted octanol–water partition coefficient (Wildman–Crippen LogP) is 4.19. The van der Waals surface area contributed by atoms with E-state index >= 15 is 0 Å². The Balaban J connectivity index is 1.79. The number of carbonyl (C=O) groups is 2. The number of anilines is 1. The minimum atomic E-state index is -4.56. The summed E-state index contributed by atoms with van der Waals surface area (Å²) in [7, 11) is 0. The van der Waals surface area contributed by atoms with E-state index in [9.17, 15) is 22.8 Å². The number of ether oxygens (including phenoxy) is 1. The number of rotatable bonds is 8. The van der Waals surface area contributed by atoms with Gasteiger partial charge in [0, 0.05) is 18.0 Å². The Morgan fingerprint density at radius 1 is 1.23 bits per heavy atom. The topological polar surface area (TPSA) is 75.6 Å². The maximum absolute atomic E-state index is 13.0. The van der Waals surface area contributed by atoms with Gasteiger partial charge in [0.2, 0.25) is 5.95 Å². The van der Waals surface area contributed by atoms with Crippen LogP contribution < -0.4 is 9.64 Å². The maximum atomic E-state index is 13.0. The zero-order chi connectivity index (χ0) is 22.6. The van der Waals surface area contributed by atoms with E-state index in [2.05, 4.69) is 9.97 Å². The van der Waals surface area contributed by atoms with E-state index in [4.69, 9.17) is 4.74 Å². The van der Waals surface area contributed by atoms with Crippen molar-refractivity contribution in [3.05, 3.63) is 47.8 Å². The van der Waals surface area contributed by atoms with Crippen molar-refractivity contribution in [3.63, 3.8) is 0 Å². The summed E-state index contributed by atoms with van der Waals surface area (Å²) in [6.07, 6.45) is -1.86. The van der Waals surface area contributed by atoms with Gasteiger partial charge < -0.3 is 9.64 Å². The number of hydrogen-bond donors (Lipinski definition) is 0. The molecular formula is C21H23F3N4O3. The van der Waals surface area contributed by atoms with Crippen LogP contribution in [0.15, 0.2) is 36.7 Å². The number of amides is 2. The lowest BCUT2D eigenvalue weighted by atomic mass is 10.1. The number of halogens is 3. The average molecular weight is 436 g/mol. The second-order valence-corrected chi connectivity index (χ2v) is 7.12. The summed E-state index contributed by atoms with van der Waals surface area (Å²) in [5.41, 5.74) is -0.576. The van der Waals surface area contributed by atoms with Crippen LogP contribution in [0, 0.1) is 0 Å². The fourth-order valence-corrected chi connectivity index (χ4v) is 3.42. The smallest absolute Gasteiger partial charge is 0.419 e. The van der Waals surface area contributed by atoms with E-state index in [1.165, 1.54) is 9.80 Å². The fraction of sp³-hybridized carbons (Fsp3) is 0.429. The number of alkyl halides is 3. The van der Waals surface area contributed by atoms with E-state index in [0.29, 0.717) is 36.7 Å². The minimum Gasteiger partial charge on any atom is -0.494 e. The van der Waals surface area contributed by atoms with Crippen molar-refractivity contribution >= 4 is 17.8 Å². The third-order valence-electron chi connectivity index (χ3n) is 4.92. The van der Waals surface area contributed by atoms with Gasteiger partial charge in [-0.15, -0.1) is 0 Å². The highest BCUT2D eigenvalue weighted by atomic mass is 19.4. The number of benzene rings is 1. The van der Waals surface area contributed by atoms with E-state index in [1.54, 1.807) is 24.3 Å². The summed E-state index contributed by atoms with van der Waals surface area (Å²) in [6.45, 7) is 4.29. The van der Waals surface area contributed by atoms with Crippen LogP contribution >= 0.6 is 0 Å². The molecule has 1 aliphatic heterocycles. The van der Waals surface area contributed by atoms with Crippen molar-refractivity contribution in [3.8, 4) is 5.75 Å². The molecule has 0 unspecified atom stereocenters. The Hall–Kier alpha value is -3.17. The molecule has 1 aliphatic rings. The molecule has 166 valence electrons. The van der Waals surface area contributed by atoms with Gasteiger partial charge in [-0.1, -0.05) is 25.5 Å². The zero-order valence-electron chi connectivity index (χ0n) is 17.2. The highest BCUT2D eigenvalue weighted by molar-refractivity contribution is 6.02. The van der Waals surface area contributed by atoms with Crippen molar-refractivity contribution in [2.24, 2.45) is 0 Å². The van der Waals surface area contributed by atoms with Crippen LogP contribution in [-0.4, -0.2) is 52.4 Å². The first-order chi connectivity index (χ1) is 14.7. The second kappa shape index (κ2) is 9.32. The molecule has 1 atom stereocenters. The van der Waals surface area contributed by atoms with Crippen LogP contribution in [0.3, 0.4) is 0 Å². The van der Waals surface area contributed by atoms with Gasteiger partial charge in [0.25, 0.3) is 0 Å². The number of ketones is 1. The molecule has 3 rings (SSSR count). The van der Waals surface area contributed by atoms with Crippen LogP contribution in [0.2, 0.25) is 0 Å². The van der Waals surface area contributed by atoms with Crippen molar-refractivity contribution in [2.75, 3.05) is 24.6 Å². The molecule has 31 heavy (non-hydrogen) atoms. The molecule has 0 N–H and O–H groups in total. The molecule has 7 nitrogen and oxygen atoms in total. The normalized spacial score (nSPS) is 16.7. The summed E-state index contributed by atoms with van der Waals surface area (Å²) >= 11 is 0. The van der Waals surface area contributed by atoms with Crippen molar-refractivity contribution < 1.29 is 27.5 Å². The summed E-state index contributed by atoms with van der Waals surface area (Å²) in [6, 6.07) is 5.94. The Labute approximate surface area is 177 Å². The van der Waals surface area contributed by atoms with Crippen molar-refractivity contribution in [2.45, 2.75) is 38.9 Å². The largest absolute Gasteiger partial charge is 0.494 e. The van der Waals surface area contributed by atoms with Crippen molar-refractivity contribution in [1.82, 2.24) is 14.9 Å². The highest BCUT2D eigenvalue weighted by Gasteiger charge is 2.40. The zero-order valence-corrected chi connectivity index (χ0v) is 17.2. The van der Waals surface area contributed by atoms with Crippen LogP contribution in [0.1, 0.15) is 42.6 Å². The minimum absolute atomic E-state index is 0.118. The molecule has 0 radical (unpaired) electrons. The van der Waals surface area contributed by atoms with E-state index in [-0.39, 0.29) is 30.9 Å². The number of nitrogens with zero attached hydrogens (tertiary/aromatic N) is 4. The Morgan fingerprint density at radius 2 is 1.94 bits per heavy atom. The summed E-state index contributed by atoms with van der Waals surface area (Å²) in [5.74, 6) is 0.185. The van der Waals surface area contributed by atoms with E-state index in [1.807, 2.05) is 13.8 Å². The second-order valence-electron chi connectivity index (χ2n) is 7.12. The predicted molar refractivity (Wildman–Crippen MR) is 107 cm³/mol. The van der Waals surface area contributed by atoms with Gasteiger partial charge in [-0.05, 0) is 25.5 Å². The molecule has 0 bridgehead atoms. The van der Waals surface area contributed by atoms with Gasteiger partial charge in [-0.2, -0.15) is 13.2 Å². The lowest BCUT2D eigenvalue weighted by molar-refractivity contribution is -0.138. The lowest BCUT2D eigenvalue weighted by Crippen LogP contribution is -2.39. The Morgan fingerprint density at radius 3 is 2.55 bits per heavy atom. The third kappa shape index (κ3) is 5.12. The maximum Gasteiger partial charge on any atom is 0.419 e. The van der Waals surface area contributed by atoms with E-state index < -0.39 is 17.8 Å². The van der Waals surface area contributed by atoms with Crippen LogP contribution in [0.4, 0.5) is 23.9 Å². The SMILES string of the molecule is CCC[C@H]1CN(c2ncc(C(F)(F)F)cn2)C(=O)N1CC(=O)c1cccc(OCC)c1. The van der Waals surface area contributed by atoms with Gasteiger partial charge in [0.1, 0.15) is 5.75 Å². The Kier molecular flexibility index (Phi) is 6.77.